The second-order valence-corrected chi connectivity index (χ2v) is 14.4. The lowest BCUT2D eigenvalue weighted by atomic mass is 9.82. The Balaban J connectivity index is 0.000000688. The van der Waals surface area contributed by atoms with Crippen LogP contribution in [0.15, 0.2) is 97.2 Å². The maximum Gasteiger partial charge on any atom is 0.338 e. The molecule has 1 unspecified atom stereocenters. The van der Waals surface area contributed by atoms with Gasteiger partial charge in [-0.05, 0) is 117 Å². The van der Waals surface area contributed by atoms with E-state index < -0.39 is 0 Å². The number of ether oxygens (including phenoxy) is 2. The zero-order valence-electron chi connectivity index (χ0n) is 30.8. The number of hydrogen-bond donors (Lipinski definition) is 3. The van der Waals surface area contributed by atoms with Crippen LogP contribution < -0.4 is 15.8 Å². The van der Waals surface area contributed by atoms with E-state index in [0.717, 1.165) is 53.5 Å². The minimum atomic E-state index is -0.387. The zero-order chi connectivity index (χ0) is 37.7. The number of aromatic nitrogens is 1. The highest BCUT2D eigenvalue weighted by Crippen LogP contribution is 2.30. The molecule has 9 nitrogen and oxygen atoms in total. The first-order valence-electron chi connectivity index (χ1n) is 17.7. The minimum Gasteiger partial charge on any atom is -0.491 e. The number of carbonyl (C=O) groups is 3. The molecule has 4 aromatic carbocycles. The lowest BCUT2D eigenvalue weighted by Crippen LogP contribution is -2.44. The molecular weight excluding hydrogens is 654 g/mol. The van der Waals surface area contributed by atoms with Crippen LogP contribution in [0.2, 0.25) is 0 Å². The van der Waals surface area contributed by atoms with E-state index in [9.17, 15) is 9.59 Å². The number of fused-ring (bicyclic) bond motifs is 2. The monoisotopic (exact) mass is 705 g/mol. The van der Waals surface area contributed by atoms with Gasteiger partial charge in [0.1, 0.15) is 12.4 Å². The molecule has 1 heterocycles. The van der Waals surface area contributed by atoms with Gasteiger partial charge in [-0.25, -0.2) is 4.79 Å². The van der Waals surface area contributed by atoms with Crippen molar-refractivity contribution in [3.63, 3.8) is 0 Å². The van der Waals surface area contributed by atoms with Gasteiger partial charge in [0.2, 0.25) is 5.91 Å². The first-order valence-corrected chi connectivity index (χ1v) is 17.7. The topological polar surface area (TPSA) is 141 Å². The van der Waals surface area contributed by atoms with Crippen molar-refractivity contribution < 1.29 is 29.0 Å². The lowest BCUT2D eigenvalue weighted by Gasteiger charge is -2.28. The highest BCUT2D eigenvalue weighted by atomic mass is 16.5. The molecule has 52 heavy (non-hydrogen) atoms. The first-order chi connectivity index (χ1) is 24.9. The van der Waals surface area contributed by atoms with Crippen LogP contribution in [0.1, 0.15) is 69.3 Å². The zero-order valence-corrected chi connectivity index (χ0v) is 30.8. The quantitative estimate of drug-likeness (QED) is 0.103. The van der Waals surface area contributed by atoms with Gasteiger partial charge in [-0.1, -0.05) is 67.6 Å². The molecule has 1 aliphatic rings. The van der Waals surface area contributed by atoms with Crippen molar-refractivity contribution in [1.29, 1.82) is 0 Å². The van der Waals surface area contributed by atoms with Gasteiger partial charge in [0.15, 0.2) is 0 Å². The van der Waals surface area contributed by atoms with Gasteiger partial charge >= 0.3 is 5.97 Å². The fourth-order valence-corrected chi connectivity index (χ4v) is 6.20. The van der Waals surface area contributed by atoms with Gasteiger partial charge in [-0.3, -0.25) is 14.6 Å². The summed E-state index contributed by atoms with van der Waals surface area (Å²) in [5, 5.41) is 13.4. The fraction of sp³-hybridized carbons (Fsp3) is 0.349. The standard InChI is InChI=1S/C38H38N2O4.C4H11N.CH2O2/c1-25-7-10-29(11-8-25)37(41)40-32(22-26-9-12-27-5-3-4-6-30(27)21-26)24-44-33-16-13-28(14-17-33)31-15-18-36-35(23-31)34(19-20-39-36)38(42)43-2;1-4(2,3)5;2-1-3/h3-6,9,12-21,23,25,29,32H,7-8,10-11,22,24H2,1-2H3,(H,40,41);5H2,1-3H3;1H,(H,2,3). The number of hydrogen-bond acceptors (Lipinski definition) is 7. The number of nitrogens with two attached hydrogens (primary N) is 1. The Morgan fingerprint density at radius 3 is 2.21 bits per heavy atom. The Morgan fingerprint density at radius 1 is 0.923 bits per heavy atom. The fourth-order valence-electron chi connectivity index (χ4n) is 6.20. The predicted molar refractivity (Wildman–Crippen MR) is 207 cm³/mol. The van der Waals surface area contributed by atoms with Crippen LogP contribution in [0.25, 0.3) is 32.8 Å². The van der Waals surface area contributed by atoms with Crippen LogP contribution >= 0.6 is 0 Å². The summed E-state index contributed by atoms with van der Waals surface area (Å²) in [5.41, 5.74) is 9.70. The second-order valence-electron chi connectivity index (χ2n) is 14.4. The Morgan fingerprint density at radius 2 is 1.56 bits per heavy atom. The molecule has 0 radical (unpaired) electrons. The number of nitrogens with one attached hydrogen (secondary N) is 1. The summed E-state index contributed by atoms with van der Waals surface area (Å²) in [5.74, 6) is 1.25. The number of benzene rings is 4. The summed E-state index contributed by atoms with van der Waals surface area (Å²) >= 11 is 0. The van der Waals surface area contributed by atoms with Gasteiger partial charge in [-0.2, -0.15) is 0 Å². The number of nitrogens with zero attached hydrogens (tertiary/aromatic N) is 1. The molecule has 0 saturated heterocycles. The van der Waals surface area contributed by atoms with E-state index in [1.54, 1.807) is 12.3 Å². The molecule has 5 aromatic rings. The highest BCUT2D eigenvalue weighted by Gasteiger charge is 2.26. The minimum absolute atomic E-state index is 0. The number of rotatable bonds is 9. The number of esters is 1. The third-order valence-electron chi connectivity index (χ3n) is 8.81. The Kier molecular flexibility index (Phi) is 14.3. The Bertz CT molecular complexity index is 1920. The van der Waals surface area contributed by atoms with Gasteiger partial charge in [-0.15, -0.1) is 0 Å². The molecule has 0 spiro atoms. The van der Waals surface area contributed by atoms with E-state index in [1.807, 2.05) is 69.3 Å². The van der Waals surface area contributed by atoms with Crippen molar-refractivity contribution in [2.45, 2.75) is 71.4 Å². The SMILES string of the molecule is CC(C)(C)N.COC(=O)c1ccnc2ccc(-c3ccc(OCC(Cc4ccc5ccccc5c4)NC(=O)C4CCC(C)CC4)cc3)cc12.O=CO. The molecule has 1 atom stereocenters. The molecule has 1 aliphatic carbocycles. The molecule has 1 fully saturated rings. The normalized spacial score (nSPS) is 16.0. The molecular formula is C43H51N3O6. The molecule has 6 rings (SSSR count). The Labute approximate surface area is 306 Å². The van der Waals surface area contributed by atoms with Crippen molar-refractivity contribution in [1.82, 2.24) is 10.3 Å². The van der Waals surface area contributed by atoms with Crippen molar-refractivity contribution in [2.24, 2.45) is 17.6 Å². The predicted octanol–water partition coefficient (Wildman–Crippen LogP) is 8.22. The second kappa shape index (κ2) is 18.8. The van der Waals surface area contributed by atoms with Crippen molar-refractivity contribution in [3.05, 3.63) is 108 Å². The number of carbonyl (C=O) groups excluding carboxylic acids is 2. The van der Waals surface area contributed by atoms with Crippen molar-refractivity contribution in [3.8, 4) is 16.9 Å². The summed E-state index contributed by atoms with van der Waals surface area (Å²) in [6.07, 6.45) is 6.41. The molecule has 4 N–H and O–H groups in total. The highest BCUT2D eigenvalue weighted by molar-refractivity contribution is 6.04. The summed E-state index contributed by atoms with van der Waals surface area (Å²) < 4.78 is 11.2. The lowest BCUT2D eigenvalue weighted by molar-refractivity contribution is -0.127. The van der Waals surface area contributed by atoms with Gasteiger partial charge in [0.05, 0.1) is 24.2 Å². The van der Waals surface area contributed by atoms with E-state index in [-0.39, 0.29) is 35.8 Å². The molecule has 1 saturated carbocycles. The van der Waals surface area contributed by atoms with Crippen LogP contribution in [-0.2, 0) is 20.7 Å². The maximum atomic E-state index is 13.3. The molecule has 1 aromatic heterocycles. The summed E-state index contributed by atoms with van der Waals surface area (Å²) in [4.78, 5) is 38.4. The van der Waals surface area contributed by atoms with E-state index in [1.165, 1.54) is 23.4 Å². The van der Waals surface area contributed by atoms with Gasteiger partial charge in [0, 0.05) is 23.0 Å². The van der Waals surface area contributed by atoms with Crippen molar-refractivity contribution >= 4 is 40.0 Å². The maximum absolute atomic E-state index is 13.3. The van der Waals surface area contributed by atoms with Crippen LogP contribution in [0, 0.1) is 11.8 Å². The van der Waals surface area contributed by atoms with Crippen LogP contribution in [0.5, 0.6) is 5.75 Å². The van der Waals surface area contributed by atoms with E-state index in [4.69, 9.17) is 25.1 Å². The van der Waals surface area contributed by atoms with Gasteiger partial charge in [0.25, 0.3) is 6.47 Å². The molecule has 0 aliphatic heterocycles. The van der Waals surface area contributed by atoms with E-state index >= 15 is 0 Å². The largest absolute Gasteiger partial charge is 0.491 e. The smallest absolute Gasteiger partial charge is 0.338 e. The number of carboxylic acid groups (broad SMARTS) is 1. The Hall–Kier alpha value is -5.28. The number of amides is 1. The third-order valence-corrected chi connectivity index (χ3v) is 8.81. The average molecular weight is 706 g/mol. The summed E-state index contributed by atoms with van der Waals surface area (Å²) in [6.45, 7) is 8.28. The molecule has 1 amide bonds. The van der Waals surface area contributed by atoms with Crippen LogP contribution in [0.3, 0.4) is 0 Å². The summed E-state index contributed by atoms with van der Waals surface area (Å²) in [6, 6.07) is 30.1. The first kappa shape index (κ1) is 39.5. The van der Waals surface area contributed by atoms with Crippen LogP contribution in [-0.4, -0.2) is 53.7 Å². The van der Waals surface area contributed by atoms with E-state index in [0.29, 0.717) is 24.5 Å². The van der Waals surface area contributed by atoms with Crippen molar-refractivity contribution in [2.75, 3.05) is 13.7 Å². The summed E-state index contributed by atoms with van der Waals surface area (Å²) in [7, 11) is 1.38. The molecule has 9 heteroatoms. The molecule has 0 bridgehead atoms. The van der Waals surface area contributed by atoms with Gasteiger partial charge < -0.3 is 25.6 Å². The number of pyridine rings is 1. The van der Waals surface area contributed by atoms with E-state index in [2.05, 4.69) is 53.6 Å². The number of methoxy groups -OCH3 is 1. The van der Waals surface area contributed by atoms with Crippen LogP contribution in [0.4, 0.5) is 0 Å². The molecule has 274 valence electrons. The third kappa shape index (κ3) is 11.9. The average Bonchev–Trinajstić information content (AvgIpc) is 3.13.